The van der Waals surface area contributed by atoms with E-state index >= 15 is 0 Å². The van der Waals surface area contributed by atoms with Crippen LogP contribution in [0.4, 0.5) is 0 Å². The summed E-state index contributed by atoms with van der Waals surface area (Å²) in [5.41, 5.74) is 16.2. The van der Waals surface area contributed by atoms with E-state index in [1.807, 2.05) is 48.6 Å². The minimum absolute atomic E-state index is 0.0515. The van der Waals surface area contributed by atoms with Gasteiger partial charge in [-0.1, -0.05) is 150 Å². The molecule has 0 saturated heterocycles. The van der Waals surface area contributed by atoms with E-state index in [0.717, 1.165) is 0 Å². The third-order valence-electron chi connectivity index (χ3n) is 17.5. The van der Waals surface area contributed by atoms with E-state index in [9.17, 15) is 0 Å². The van der Waals surface area contributed by atoms with Gasteiger partial charge in [0.15, 0.2) is 0 Å². The molecule has 8 aliphatic carbocycles. The highest BCUT2D eigenvalue weighted by Gasteiger charge is 2.75. The van der Waals surface area contributed by atoms with Crippen molar-refractivity contribution in [2.24, 2.45) is 22.7 Å². The van der Waals surface area contributed by atoms with Gasteiger partial charge in [0.1, 0.15) is 0 Å². The van der Waals surface area contributed by atoms with Crippen LogP contribution in [0.25, 0.3) is 48.6 Å². The van der Waals surface area contributed by atoms with Crippen LogP contribution in [0.2, 0.25) is 0 Å². The molecule has 0 spiro atoms. The Morgan fingerprint density at radius 3 is 0.667 bits per heavy atom. The van der Waals surface area contributed by atoms with Crippen molar-refractivity contribution in [2.45, 2.75) is 98.7 Å². The average molecular weight is 783 g/mol. The molecule has 0 aromatic heterocycles. The predicted octanol–water partition coefficient (Wildman–Crippen LogP) is 15.9. The zero-order valence-electron chi connectivity index (χ0n) is 35.8. The van der Waals surface area contributed by atoms with Gasteiger partial charge in [-0.05, 0) is 212 Å². The van der Waals surface area contributed by atoms with E-state index in [-0.39, 0.29) is 32.5 Å². The molecule has 4 aromatic rings. The Morgan fingerprint density at radius 2 is 0.483 bits per heavy atom. The molecular weight excluding hydrogens is 721 g/mol. The molecule has 12 rings (SSSR count). The number of hydrogen-bond acceptors (Lipinski definition) is 0. The molecule has 60 heavy (non-hydrogen) atoms. The van der Waals surface area contributed by atoms with E-state index in [1.54, 1.807) is 0 Å². The van der Waals surface area contributed by atoms with Crippen LogP contribution in [0.15, 0.2) is 125 Å². The summed E-state index contributed by atoms with van der Waals surface area (Å²) >= 11 is 0. The fourth-order valence-corrected chi connectivity index (χ4v) is 16.2. The number of hydrogen-bond donors (Lipinski definition) is 0. The van der Waals surface area contributed by atoms with Gasteiger partial charge in [-0.25, -0.2) is 0 Å². The van der Waals surface area contributed by atoms with Crippen LogP contribution in [0, 0.1) is 22.7 Å². The molecule has 0 radical (unpaired) electrons. The molecule has 8 bridgehead atoms. The molecule has 4 atom stereocenters. The van der Waals surface area contributed by atoms with Crippen LogP contribution < -0.4 is 0 Å². The lowest BCUT2D eigenvalue weighted by atomic mass is 9.26. The normalized spacial score (nSPS) is 34.1. The maximum atomic E-state index is 4.28. The standard InChI is InChI=1S/C60H62/c1-9-41-17-42(10-2)22-51(21-41)55-29-49-30-56(35-55,52-23-43(11-3)18-44(12-4)24-52)38-59(33-49,37-55)60-34-50-31-57(39-60,53-25-45(13-5)19-46(14-6)26-53)36-58(32-50,40-60)54-27-47(15-7)20-48(16-8)28-54/h9-28,49-50H,1-8,29-40H2. The Labute approximate surface area is 360 Å². The molecule has 0 amide bonds. The van der Waals surface area contributed by atoms with Crippen molar-refractivity contribution in [1.29, 1.82) is 0 Å². The Hall–Kier alpha value is -5.20. The first-order valence-corrected chi connectivity index (χ1v) is 22.6. The quantitative estimate of drug-likeness (QED) is 0.127. The summed E-state index contributed by atoms with van der Waals surface area (Å²) in [5.74, 6) is 1.29. The lowest BCUT2D eigenvalue weighted by molar-refractivity contribution is -0.224. The summed E-state index contributed by atoms with van der Waals surface area (Å²) < 4.78 is 0. The molecule has 4 unspecified atom stereocenters. The summed E-state index contributed by atoms with van der Waals surface area (Å²) in [6, 6.07) is 29.1. The van der Waals surface area contributed by atoms with Crippen molar-refractivity contribution in [3.8, 4) is 0 Å². The highest BCUT2D eigenvalue weighted by molar-refractivity contribution is 5.64. The molecule has 8 aliphatic rings. The van der Waals surface area contributed by atoms with Crippen molar-refractivity contribution in [2.75, 3.05) is 0 Å². The Morgan fingerprint density at radius 1 is 0.283 bits per heavy atom. The van der Waals surface area contributed by atoms with Crippen LogP contribution in [0.1, 0.15) is 144 Å². The first-order valence-electron chi connectivity index (χ1n) is 22.6. The third-order valence-corrected chi connectivity index (χ3v) is 17.5. The van der Waals surface area contributed by atoms with Crippen molar-refractivity contribution in [3.63, 3.8) is 0 Å². The number of benzene rings is 4. The molecule has 0 heterocycles. The minimum Gasteiger partial charge on any atom is -0.0985 e. The zero-order chi connectivity index (χ0) is 41.7. The molecule has 0 nitrogen and oxygen atoms in total. The smallest absolute Gasteiger partial charge is 0.00299 e. The minimum atomic E-state index is 0.0515. The van der Waals surface area contributed by atoms with E-state index < -0.39 is 0 Å². The Balaban J connectivity index is 1.24. The van der Waals surface area contributed by atoms with Gasteiger partial charge in [0, 0.05) is 0 Å². The van der Waals surface area contributed by atoms with Crippen LogP contribution in [0.3, 0.4) is 0 Å². The first-order chi connectivity index (χ1) is 28.9. The van der Waals surface area contributed by atoms with Gasteiger partial charge in [-0.3, -0.25) is 0 Å². The molecule has 302 valence electrons. The molecule has 0 aliphatic heterocycles. The van der Waals surface area contributed by atoms with Gasteiger partial charge in [0.25, 0.3) is 0 Å². The fourth-order valence-electron chi connectivity index (χ4n) is 16.2. The average Bonchev–Trinajstić information content (AvgIpc) is 3.27. The first kappa shape index (κ1) is 39.0. The van der Waals surface area contributed by atoms with E-state index in [2.05, 4.69) is 125 Å². The summed E-state index contributed by atoms with van der Waals surface area (Å²) in [6.07, 6.45) is 31.4. The second-order valence-electron chi connectivity index (χ2n) is 20.9. The fraction of sp³-hybridized carbons (Fsp3) is 0.333. The predicted molar refractivity (Wildman–Crippen MR) is 260 cm³/mol. The van der Waals surface area contributed by atoms with Gasteiger partial charge < -0.3 is 0 Å². The van der Waals surface area contributed by atoms with E-state index in [4.69, 9.17) is 0 Å². The second kappa shape index (κ2) is 13.7. The Kier molecular flexibility index (Phi) is 8.87. The summed E-state index contributed by atoms with van der Waals surface area (Å²) in [7, 11) is 0. The van der Waals surface area contributed by atoms with Gasteiger partial charge in [0.05, 0.1) is 0 Å². The maximum Gasteiger partial charge on any atom is -0.00299 e. The van der Waals surface area contributed by atoms with Crippen LogP contribution in [0.5, 0.6) is 0 Å². The summed E-state index contributed by atoms with van der Waals surface area (Å²) in [4.78, 5) is 0. The molecule has 0 heteroatoms. The van der Waals surface area contributed by atoms with Crippen LogP contribution in [-0.2, 0) is 21.7 Å². The lowest BCUT2D eigenvalue weighted by Crippen LogP contribution is -2.70. The monoisotopic (exact) mass is 782 g/mol. The topological polar surface area (TPSA) is 0 Å². The SMILES string of the molecule is C=Cc1cc(C=C)cc(C23CC4CC(c5cc(C=C)cc(C=C)c5)(C2)CC(C25CC6CC(c7cc(C=C)cc(C=C)c7)(CC(c7cc(C=C)cc(C=C)c7)(C6)C2)C5)(C4)C3)c1. The zero-order valence-corrected chi connectivity index (χ0v) is 35.8. The molecular formula is C60H62. The van der Waals surface area contributed by atoms with Crippen molar-refractivity contribution in [3.05, 3.63) is 192 Å². The van der Waals surface area contributed by atoms with Gasteiger partial charge in [0.2, 0.25) is 0 Å². The molecule has 8 fully saturated rings. The van der Waals surface area contributed by atoms with E-state index in [1.165, 1.54) is 144 Å². The second-order valence-corrected chi connectivity index (χ2v) is 20.9. The maximum absolute atomic E-state index is 4.28. The highest BCUT2D eigenvalue weighted by atomic mass is 14.8. The molecule has 0 N–H and O–H groups in total. The molecule has 4 aromatic carbocycles. The summed E-state index contributed by atoms with van der Waals surface area (Å²) in [6.45, 7) is 34.2. The lowest BCUT2D eigenvalue weighted by Gasteiger charge is -2.77. The van der Waals surface area contributed by atoms with Crippen molar-refractivity contribution < 1.29 is 0 Å². The van der Waals surface area contributed by atoms with Gasteiger partial charge in [-0.15, -0.1) is 0 Å². The largest absolute Gasteiger partial charge is 0.0985 e. The van der Waals surface area contributed by atoms with Gasteiger partial charge in [-0.2, -0.15) is 0 Å². The van der Waals surface area contributed by atoms with Crippen LogP contribution >= 0.6 is 0 Å². The molecule has 8 saturated carbocycles. The summed E-state index contributed by atoms with van der Waals surface area (Å²) in [5, 5.41) is 0. The highest BCUT2D eigenvalue weighted by Crippen LogP contribution is 2.82. The van der Waals surface area contributed by atoms with Crippen LogP contribution in [-0.4, -0.2) is 0 Å². The van der Waals surface area contributed by atoms with Crippen molar-refractivity contribution in [1.82, 2.24) is 0 Å². The third kappa shape index (κ3) is 5.69. The van der Waals surface area contributed by atoms with Crippen molar-refractivity contribution >= 4 is 48.6 Å². The Bertz CT molecular complexity index is 2110. The number of rotatable bonds is 13. The van der Waals surface area contributed by atoms with Gasteiger partial charge >= 0.3 is 0 Å². The van der Waals surface area contributed by atoms with E-state index in [0.29, 0.717) is 11.8 Å².